The SMILES string of the molecule is COc1ccc(CCN=Cc2c(O)[nH]c3ccccc23)cc1. The van der Waals surface area contributed by atoms with Gasteiger partial charge < -0.3 is 14.8 Å². The summed E-state index contributed by atoms with van der Waals surface area (Å²) < 4.78 is 5.14. The van der Waals surface area contributed by atoms with Crippen LogP contribution in [0.25, 0.3) is 10.9 Å². The minimum absolute atomic E-state index is 0.161. The van der Waals surface area contributed by atoms with Gasteiger partial charge in [-0.1, -0.05) is 30.3 Å². The van der Waals surface area contributed by atoms with Gasteiger partial charge in [0.1, 0.15) is 5.75 Å². The van der Waals surface area contributed by atoms with Crippen LogP contribution < -0.4 is 4.74 Å². The maximum atomic E-state index is 9.95. The predicted octanol–water partition coefficient (Wildman–Crippen LogP) is 3.54. The van der Waals surface area contributed by atoms with Crippen LogP contribution in [-0.4, -0.2) is 30.0 Å². The van der Waals surface area contributed by atoms with Gasteiger partial charge in [0.2, 0.25) is 0 Å². The van der Waals surface area contributed by atoms with E-state index < -0.39 is 0 Å². The molecule has 0 fully saturated rings. The van der Waals surface area contributed by atoms with E-state index in [-0.39, 0.29) is 5.88 Å². The molecule has 112 valence electrons. The molecule has 0 saturated carbocycles. The van der Waals surface area contributed by atoms with E-state index in [1.807, 2.05) is 48.5 Å². The van der Waals surface area contributed by atoms with Crippen molar-refractivity contribution in [2.24, 2.45) is 4.99 Å². The lowest BCUT2D eigenvalue weighted by Gasteiger charge is -2.01. The van der Waals surface area contributed by atoms with Crippen LogP contribution in [0.4, 0.5) is 0 Å². The van der Waals surface area contributed by atoms with Crippen LogP contribution in [0.3, 0.4) is 0 Å². The smallest absolute Gasteiger partial charge is 0.198 e. The number of aromatic hydroxyl groups is 1. The maximum Gasteiger partial charge on any atom is 0.198 e. The number of benzene rings is 2. The topological polar surface area (TPSA) is 57.6 Å². The standard InChI is InChI=1S/C18H18N2O2/c1-22-14-8-6-13(7-9-14)10-11-19-12-16-15-4-2-3-5-17(15)20-18(16)21/h2-9,12,20-21H,10-11H2,1H3. The maximum absolute atomic E-state index is 9.95. The lowest BCUT2D eigenvalue weighted by atomic mass is 10.1. The Bertz CT molecular complexity index is 788. The molecular formula is C18H18N2O2. The monoisotopic (exact) mass is 294 g/mol. The summed E-state index contributed by atoms with van der Waals surface area (Å²) in [5, 5.41) is 10.9. The van der Waals surface area contributed by atoms with Crippen molar-refractivity contribution in [3.63, 3.8) is 0 Å². The van der Waals surface area contributed by atoms with Gasteiger partial charge in [0.25, 0.3) is 0 Å². The van der Waals surface area contributed by atoms with E-state index in [1.54, 1.807) is 13.3 Å². The van der Waals surface area contributed by atoms with E-state index in [4.69, 9.17) is 4.74 Å². The van der Waals surface area contributed by atoms with E-state index in [2.05, 4.69) is 9.98 Å². The van der Waals surface area contributed by atoms with Crippen molar-refractivity contribution in [1.29, 1.82) is 0 Å². The zero-order valence-electron chi connectivity index (χ0n) is 12.4. The van der Waals surface area contributed by atoms with Crippen LogP contribution in [0.5, 0.6) is 11.6 Å². The molecule has 22 heavy (non-hydrogen) atoms. The number of hydrogen-bond acceptors (Lipinski definition) is 3. The van der Waals surface area contributed by atoms with Crippen molar-refractivity contribution in [2.75, 3.05) is 13.7 Å². The highest BCUT2D eigenvalue weighted by Crippen LogP contribution is 2.25. The molecule has 0 radical (unpaired) electrons. The molecule has 0 aliphatic rings. The van der Waals surface area contributed by atoms with Crippen molar-refractivity contribution in [3.05, 3.63) is 59.7 Å². The molecule has 0 atom stereocenters. The molecule has 0 unspecified atom stereocenters. The molecule has 2 N–H and O–H groups in total. The van der Waals surface area contributed by atoms with E-state index in [0.29, 0.717) is 6.54 Å². The number of fused-ring (bicyclic) bond motifs is 1. The number of aromatic nitrogens is 1. The van der Waals surface area contributed by atoms with Crippen molar-refractivity contribution < 1.29 is 9.84 Å². The number of rotatable bonds is 5. The molecule has 2 aromatic carbocycles. The minimum atomic E-state index is 0.161. The largest absolute Gasteiger partial charge is 0.497 e. The molecule has 4 heteroatoms. The molecular weight excluding hydrogens is 276 g/mol. The van der Waals surface area contributed by atoms with E-state index in [9.17, 15) is 5.11 Å². The van der Waals surface area contributed by atoms with Crippen molar-refractivity contribution in [3.8, 4) is 11.6 Å². The summed E-state index contributed by atoms with van der Waals surface area (Å²) in [6.45, 7) is 0.672. The molecule has 0 amide bonds. The fraction of sp³-hybridized carbons (Fsp3) is 0.167. The quantitative estimate of drug-likeness (QED) is 0.707. The van der Waals surface area contributed by atoms with Crippen LogP contribution in [0, 0.1) is 0 Å². The molecule has 3 rings (SSSR count). The Hall–Kier alpha value is -2.75. The summed E-state index contributed by atoms with van der Waals surface area (Å²) in [6, 6.07) is 15.8. The van der Waals surface area contributed by atoms with Crippen LogP contribution in [0.2, 0.25) is 0 Å². The van der Waals surface area contributed by atoms with E-state index in [0.717, 1.165) is 28.6 Å². The number of nitrogens with zero attached hydrogens (tertiary/aromatic N) is 1. The third kappa shape index (κ3) is 2.96. The summed E-state index contributed by atoms with van der Waals surface area (Å²) in [6.07, 6.45) is 2.58. The van der Waals surface area contributed by atoms with Crippen LogP contribution in [-0.2, 0) is 6.42 Å². The molecule has 1 heterocycles. The summed E-state index contributed by atoms with van der Waals surface area (Å²) in [4.78, 5) is 7.38. The van der Waals surface area contributed by atoms with Crippen molar-refractivity contribution >= 4 is 17.1 Å². The number of aliphatic imine (C=N–C) groups is 1. The number of aromatic amines is 1. The van der Waals surface area contributed by atoms with Gasteiger partial charge >= 0.3 is 0 Å². The van der Waals surface area contributed by atoms with Gasteiger partial charge in [-0.25, -0.2) is 0 Å². The molecule has 0 spiro atoms. The highest BCUT2D eigenvalue weighted by molar-refractivity contribution is 6.01. The summed E-state index contributed by atoms with van der Waals surface area (Å²) >= 11 is 0. The van der Waals surface area contributed by atoms with Gasteiger partial charge in [0.05, 0.1) is 12.7 Å². The van der Waals surface area contributed by atoms with Gasteiger partial charge in [-0.15, -0.1) is 0 Å². The molecule has 0 saturated heterocycles. The number of para-hydroxylation sites is 1. The summed E-state index contributed by atoms with van der Waals surface area (Å²) in [5.74, 6) is 1.02. The second-order valence-corrected chi connectivity index (χ2v) is 5.07. The molecule has 0 aliphatic heterocycles. The Balaban J connectivity index is 1.67. The van der Waals surface area contributed by atoms with Gasteiger partial charge in [0.15, 0.2) is 5.88 Å². The molecule has 0 bridgehead atoms. The van der Waals surface area contributed by atoms with E-state index >= 15 is 0 Å². The number of nitrogens with one attached hydrogen (secondary N) is 1. The first-order chi connectivity index (χ1) is 10.8. The van der Waals surface area contributed by atoms with Crippen LogP contribution >= 0.6 is 0 Å². The Kier molecular flexibility index (Phi) is 4.10. The Labute approximate surface area is 129 Å². The highest BCUT2D eigenvalue weighted by Gasteiger charge is 2.07. The lowest BCUT2D eigenvalue weighted by Crippen LogP contribution is -1.91. The van der Waals surface area contributed by atoms with Gasteiger partial charge in [0, 0.05) is 23.7 Å². The fourth-order valence-electron chi connectivity index (χ4n) is 2.42. The average molecular weight is 294 g/mol. The van der Waals surface area contributed by atoms with Crippen molar-refractivity contribution in [2.45, 2.75) is 6.42 Å². The number of methoxy groups -OCH3 is 1. The van der Waals surface area contributed by atoms with Crippen molar-refractivity contribution in [1.82, 2.24) is 4.98 Å². The summed E-state index contributed by atoms with van der Waals surface area (Å²) in [5.41, 5.74) is 2.86. The highest BCUT2D eigenvalue weighted by atomic mass is 16.5. The zero-order valence-corrected chi connectivity index (χ0v) is 12.4. The Morgan fingerprint density at radius 2 is 1.91 bits per heavy atom. The van der Waals surface area contributed by atoms with Gasteiger partial charge in [-0.3, -0.25) is 4.99 Å². The van der Waals surface area contributed by atoms with Crippen LogP contribution in [0.15, 0.2) is 53.5 Å². The molecule has 0 aliphatic carbocycles. The number of H-pyrrole nitrogens is 1. The van der Waals surface area contributed by atoms with Gasteiger partial charge in [-0.2, -0.15) is 0 Å². The minimum Gasteiger partial charge on any atom is -0.497 e. The predicted molar refractivity (Wildman–Crippen MR) is 89.1 cm³/mol. The van der Waals surface area contributed by atoms with Crippen LogP contribution in [0.1, 0.15) is 11.1 Å². The normalized spacial score (nSPS) is 11.3. The average Bonchev–Trinajstić information content (AvgIpc) is 2.88. The molecule has 1 aromatic heterocycles. The van der Waals surface area contributed by atoms with E-state index in [1.165, 1.54) is 5.56 Å². The molecule has 3 aromatic rings. The summed E-state index contributed by atoms with van der Waals surface area (Å²) in [7, 11) is 1.66. The second-order valence-electron chi connectivity index (χ2n) is 5.07. The number of hydrogen-bond donors (Lipinski definition) is 2. The first-order valence-corrected chi connectivity index (χ1v) is 7.20. The number of ether oxygens (including phenoxy) is 1. The lowest BCUT2D eigenvalue weighted by molar-refractivity contribution is 0.414. The van der Waals surface area contributed by atoms with Gasteiger partial charge in [-0.05, 0) is 30.2 Å². The Morgan fingerprint density at radius 3 is 2.68 bits per heavy atom. The first kappa shape index (κ1) is 14.2. The second kappa shape index (κ2) is 6.35. The third-order valence-corrected chi connectivity index (χ3v) is 3.63. The fourth-order valence-corrected chi connectivity index (χ4v) is 2.42. The first-order valence-electron chi connectivity index (χ1n) is 7.20. The third-order valence-electron chi connectivity index (χ3n) is 3.63. The Morgan fingerprint density at radius 1 is 1.14 bits per heavy atom. The zero-order chi connectivity index (χ0) is 15.4. The molecule has 4 nitrogen and oxygen atoms in total.